The van der Waals surface area contributed by atoms with Crippen molar-refractivity contribution in [2.45, 2.75) is 26.2 Å². The third kappa shape index (κ3) is 5.44. The molecule has 1 fully saturated rings. The number of halogens is 2. The Morgan fingerprint density at radius 3 is 2.34 bits per heavy atom. The molecular weight excluding hydrogens is 523 g/mol. The standard InChI is InChI=1S/C27H28Cl2N8O/c1-27(2,3)16-4-7-18(8-5-16)32-26(38)37-12-10-36(11-13-37)24-22-23(34-25(30)35-24)33-21(15-31-22)19-9-6-17(28)14-20(19)29/h4-9,14-15H,10-13H2,1-3H3,(H,32,38)(H2,30,33,34,35). The van der Waals surface area contributed by atoms with Gasteiger partial charge in [0.05, 0.1) is 16.9 Å². The number of carbonyl (C=O) groups excluding carboxylic acids is 1. The van der Waals surface area contributed by atoms with Crippen molar-refractivity contribution in [1.29, 1.82) is 0 Å². The lowest BCUT2D eigenvalue weighted by molar-refractivity contribution is 0.208. The Balaban J connectivity index is 1.30. The zero-order chi connectivity index (χ0) is 27.0. The largest absolute Gasteiger partial charge is 0.368 e. The van der Waals surface area contributed by atoms with Crippen molar-refractivity contribution >= 4 is 57.9 Å². The average molecular weight is 551 g/mol. The third-order valence-corrected chi connectivity index (χ3v) is 7.03. The molecule has 3 N–H and O–H groups in total. The van der Waals surface area contributed by atoms with Crippen LogP contribution in [0.1, 0.15) is 26.3 Å². The Morgan fingerprint density at radius 2 is 1.68 bits per heavy atom. The van der Waals surface area contributed by atoms with Gasteiger partial charge >= 0.3 is 6.03 Å². The molecule has 196 valence electrons. The van der Waals surface area contributed by atoms with Crippen LogP contribution in [0, 0.1) is 0 Å². The Morgan fingerprint density at radius 1 is 0.974 bits per heavy atom. The first-order valence-electron chi connectivity index (χ1n) is 12.3. The van der Waals surface area contributed by atoms with Crippen LogP contribution in [0.4, 0.5) is 22.2 Å². The number of anilines is 3. The van der Waals surface area contributed by atoms with Gasteiger partial charge in [0.2, 0.25) is 5.95 Å². The predicted molar refractivity (Wildman–Crippen MR) is 153 cm³/mol. The summed E-state index contributed by atoms with van der Waals surface area (Å²) >= 11 is 12.4. The van der Waals surface area contributed by atoms with Gasteiger partial charge in [-0.25, -0.2) is 14.8 Å². The highest BCUT2D eigenvalue weighted by atomic mass is 35.5. The molecule has 2 aromatic carbocycles. The van der Waals surface area contributed by atoms with Gasteiger partial charge in [0.1, 0.15) is 0 Å². The van der Waals surface area contributed by atoms with Crippen LogP contribution < -0.4 is 16.0 Å². The van der Waals surface area contributed by atoms with Gasteiger partial charge in [-0.3, -0.25) is 0 Å². The molecule has 5 rings (SSSR count). The smallest absolute Gasteiger partial charge is 0.321 e. The molecule has 0 spiro atoms. The Bertz CT molecular complexity index is 1500. The summed E-state index contributed by atoms with van der Waals surface area (Å²) < 4.78 is 0. The molecule has 0 radical (unpaired) electrons. The molecule has 4 aromatic rings. The highest BCUT2D eigenvalue weighted by molar-refractivity contribution is 6.36. The molecule has 38 heavy (non-hydrogen) atoms. The number of nitrogen functional groups attached to an aromatic ring is 1. The lowest BCUT2D eigenvalue weighted by Gasteiger charge is -2.35. The van der Waals surface area contributed by atoms with E-state index in [-0.39, 0.29) is 17.4 Å². The van der Waals surface area contributed by atoms with Crippen molar-refractivity contribution in [3.05, 3.63) is 64.3 Å². The normalized spacial score (nSPS) is 14.1. The average Bonchev–Trinajstić information content (AvgIpc) is 2.87. The number of nitrogens with two attached hydrogens (primary N) is 1. The van der Waals surface area contributed by atoms with Crippen LogP contribution in [0.3, 0.4) is 0 Å². The number of piperazine rings is 1. The van der Waals surface area contributed by atoms with Crippen molar-refractivity contribution < 1.29 is 4.79 Å². The second-order valence-electron chi connectivity index (χ2n) is 10.2. The molecule has 0 saturated carbocycles. The Kier molecular flexibility index (Phi) is 6.98. The maximum Gasteiger partial charge on any atom is 0.321 e. The lowest BCUT2D eigenvalue weighted by atomic mass is 9.87. The summed E-state index contributed by atoms with van der Waals surface area (Å²) in [5.74, 6) is 0.687. The topological polar surface area (TPSA) is 113 Å². The van der Waals surface area contributed by atoms with Crippen LogP contribution in [-0.4, -0.2) is 57.0 Å². The quantitative estimate of drug-likeness (QED) is 0.340. The van der Waals surface area contributed by atoms with E-state index in [0.717, 1.165) is 5.69 Å². The van der Waals surface area contributed by atoms with Gasteiger partial charge in [0.15, 0.2) is 17.0 Å². The summed E-state index contributed by atoms with van der Waals surface area (Å²) in [6, 6.07) is 13.0. The number of rotatable bonds is 3. The van der Waals surface area contributed by atoms with E-state index >= 15 is 0 Å². The Hall–Kier alpha value is -3.69. The third-order valence-electron chi connectivity index (χ3n) is 6.48. The van der Waals surface area contributed by atoms with Gasteiger partial charge in [-0.1, -0.05) is 56.1 Å². The number of benzene rings is 2. The number of urea groups is 1. The van der Waals surface area contributed by atoms with Gasteiger partial charge in [0, 0.05) is 42.5 Å². The molecule has 0 aliphatic carbocycles. The number of hydrogen-bond donors (Lipinski definition) is 2. The zero-order valence-corrected chi connectivity index (χ0v) is 22.9. The van der Waals surface area contributed by atoms with Crippen molar-refractivity contribution in [2.75, 3.05) is 42.1 Å². The van der Waals surface area contributed by atoms with Crippen LogP contribution in [0.2, 0.25) is 10.0 Å². The first-order chi connectivity index (χ1) is 18.1. The van der Waals surface area contributed by atoms with Gasteiger partial charge < -0.3 is 20.9 Å². The number of fused-ring (bicyclic) bond motifs is 1. The van der Waals surface area contributed by atoms with E-state index in [4.69, 9.17) is 28.9 Å². The minimum absolute atomic E-state index is 0.0578. The summed E-state index contributed by atoms with van der Waals surface area (Å²) in [7, 11) is 0. The number of carbonyl (C=O) groups is 1. The van der Waals surface area contributed by atoms with E-state index in [1.165, 1.54) is 5.56 Å². The second kappa shape index (κ2) is 10.2. The van der Waals surface area contributed by atoms with E-state index < -0.39 is 0 Å². The molecule has 0 bridgehead atoms. The molecule has 11 heteroatoms. The van der Waals surface area contributed by atoms with Crippen molar-refractivity contribution in [2.24, 2.45) is 0 Å². The number of hydrogen-bond acceptors (Lipinski definition) is 7. The molecule has 1 aliphatic rings. The number of aromatic nitrogens is 4. The Labute approximate surface area is 231 Å². The molecule has 0 atom stereocenters. The molecule has 0 unspecified atom stereocenters. The van der Waals surface area contributed by atoms with Crippen LogP contribution >= 0.6 is 23.2 Å². The molecule has 3 heterocycles. The van der Waals surface area contributed by atoms with Crippen molar-refractivity contribution in [1.82, 2.24) is 24.8 Å². The van der Waals surface area contributed by atoms with Crippen LogP contribution in [-0.2, 0) is 5.41 Å². The number of amides is 2. The van der Waals surface area contributed by atoms with E-state index in [0.29, 0.717) is 64.5 Å². The first-order valence-corrected chi connectivity index (χ1v) is 13.0. The van der Waals surface area contributed by atoms with Gasteiger partial charge in [0.25, 0.3) is 0 Å². The van der Waals surface area contributed by atoms with E-state index in [1.807, 2.05) is 29.2 Å². The summed E-state index contributed by atoms with van der Waals surface area (Å²) in [6.45, 7) is 8.64. The second-order valence-corrected chi connectivity index (χ2v) is 11.0. The summed E-state index contributed by atoms with van der Waals surface area (Å²) in [5, 5.41) is 4.00. The first kappa shape index (κ1) is 25.9. The summed E-state index contributed by atoms with van der Waals surface area (Å²) in [4.78, 5) is 34.7. The van der Waals surface area contributed by atoms with Gasteiger partial charge in [-0.05, 0) is 41.3 Å². The fourth-order valence-corrected chi connectivity index (χ4v) is 4.84. The molecule has 1 saturated heterocycles. The van der Waals surface area contributed by atoms with E-state index in [2.05, 4.69) is 46.0 Å². The fraction of sp³-hybridized carbons (Fsp3) is 0.296. The minimum Gasteiger partial charge on any atom is -0.368 e. The molecule has 2 aromatic heterocycles. The van der Waals surface area contributed by atoms with Crippen LogP contribution in [0.15, 0.2) is 48.7 Å². The van der Waals surface area contributed by atoms with E-state index in [9.17, 15) is 4.79 Å². The van der Waals surface area contributed by atoms with Crippen LogP contribution in [0.5, 0.6) is 0 Å². The highest BCUT2D eigenvalue weighted by Crippen LogP contribution is 2.31. The SMILES string of the molecule is CC(C)(C)c1ccc(NC(=O)N2CCN(c3nc(N)nc4nc(-c5ccc(Cl)cc5Cl)cnc34)CC2)cc1. The highest BCUT2D eigenvalue weighted by Gasteiger charge is 2.25. The fourth-order valence-electron chi connectivity index (χ4n) is 4.33. The summed E-state index contributed by atoms with van der Waals surface area (Å²) in [5.41, 5.74) is 10.2. The van der Waals surface area contributed by atoms with Gasteiger partial charge in [-0.2, -0.15) is 9.97 Å². The summed E-state index contributed by atoms with van der Waals surface area (Å²) in [6.07, 6.45) is 1.63. The van der Waals surface area contributed by atoms with Crippen LogP contribution in [0.25, 0.3) is 22.4 Å². The maximum atomic E-state index is 12.9. The maximum absolute atomic E-state index is 12.9. The molecule has 9 nitrogen and oxygen atoms in total. The van der Waals surface area contributed by atoms with Crippen molar-refractivity contribution in [3.63, 3.8) is 0 Å². The lowest BCUT2D eigenvalue weighted by Crippen LogP contribution is -2.50. The minimum atomic E-state index is -0.135. The zero-order valence-electron chi connectivity index (χ0n) is 21.4. The van der Waals surface area contributed by atoms with Crippen molar-refractivity contribution in [3.8, 4) is 11.3 Å². The molecule has 2 amide bonds. The van der Waals surface area contributed by atoms with E-state index in [1.54, 1.807) is 29.3 Å². The molecular formula is C27H28Cl2N8O. The molecule has 1 aliphatic heterocycles. The number of nitrogens with one attached hydrogen (secondary N) is 1. The monoisotopic (exact) mass is 550 g/mol. The number of nitrogens with zero attached hydrogens (tertiary/aromatic N) is 6. The van der Waals surface area contributed by atoms with Gasteiger partial charge in [-0.15, -0.1) is 0 Å². The predicted octanol–water partition coefficient (Wildman–Crippen LogP) is 5.63.